The molecule has 45 heavy (non-hydrogen) atoms. The van der Waals surface area contributed by atoms with E-state index in [0.29, 0.717) is 41.3 Å². The minimum absolute atomic E-state index is 0.0428. The van der Waals surface area contributed by atoms with E-state index in [4.69, 9.17) is 14.2 Å². The molecular formula is C35H43N5O5. The molecule has 1 heterocycles. The molecule has 0 saturated heterocycles. The van der Waals surface area contributed by atoms with Crippen molar-refractivity contribution in [3.05, 3.63) is 77.4 Å². The van der Waals surface area contributed by atoms with E-state index in [1.807, 2.05) is 49.4 Å². The first-order chi connectivity index (χ1) is 21.8. The Labute approximate surface area is 264 Å². The summed E-state index contributed by atoms with van der Waals surface area (Å²) in [5.41, 5.74) is 4.20. The topological polar surface area (TPSA) is 108 Å². The van der Waals surface area contributed by atoms with Gasteiger partial charge in [-0.3, -0.25) is 9.59 Å². The lowest BCUT2D eigenvalue weighted by Gasteiger charge is -2.35. The summed E-state index contributed by atoms with van der Waals surface area (Å²) >= 11 is 0. The van der Waals surface area contributed by atoms with Crippen LogP contribution in [0.25, 0.3) is 11.0 Å². The summed E-state index contributed by atoms with van der Waals surface area (Å²) in [6.45, 7) is 4.13. The second-order valence-electron chi connectivity index (χ2n) is 11.7. The van der Waals surface area contributed by atoms with Crippen LogP contribution in [0.3, 0.4) is 0 Å². The van der Waals surface area contributed by atoms with Crippen molar-refractivity contribution < 1.29 is 23.8 Å². The van der Waals surface area contributed by atoms with Gasteiger partial charge < -0.3 is 24.4 Å². The maximum atomic E-state index is 14.7. The highest BCUT2D eigenvalue weighted by Gasteiger charge is 2.37. The molecule has 5 rings (SSSR count). The van der Waals surface area contributed by atoms with Gasteiger partial charge in [0.25, 0.3) is 0 Å². The summed E-state index contributed by atoms with van der Waals surface area (Å²) in [5.74, 6) is 0.725. The van der Waals surface area contributed by atoms with Crippen LogP contribution in [0.15, 0.2) is 60.7 Å². The maximum absolute atomic E-state index is 14.7. The zero-order valence-corrected chi connectivity index (χ0v) is 26.8. The lowest BCUT2D eigenvalue weighted by Crippen LogP contribution is -2.49. The maximum Gasteiger partial charge on any atom is 0.248 e. The minimum atomic E-state index is -0.977. The number of ether oxygens (including phenoxy) is 3. The largest absolute Gasteiger partial charge is 0.493 e. The van der Waals surface area contributed by atoms with E-state index in [1.54, 1.807) is 28.6 Å². The van der Waals surface area contributed by atoms with Crippen molar-refractivity contribution in [3.8, 4) is 17.2 Å². The van der Waals surface area contributed by atoms with Gasteiger partial charge in [-0.1, -0.05) is 66.4 Å². The number of aromatic nitrogens is 3. The third-order valence-electron chi connectivity index (χ3n) is 8.62. The predicted octanol–water partition coefficient (Wildman–Crippen LogP) is 5.59. The number of rotatable bonds is 12. The Kier molecular flexibility index (Phi) is 10.2. The number of nitrogens with zero attached hydrogens (tertiary/aromatic N) is 4. The van der Waals surface area contributed by atoms with Crippen LogP contribution in [0.4, 0.5) is 0 Å². The molecule has 4 aromatic rings. The summed E-state index contributed by atoms with van der Waals surface area (Å²) in [6, 6.07) is 17.6. The fourth-order valence-corrected chi connectivity index (χ4v) is 6.26. The number of para-hydroxylation sites is 1. The molecule has 2 amide bonds. The van der Waals surface area contributed by atoms with Gasteiger partial charge in [-0.05, 0) is 68.5 Å². The normalized spacial score (nSPS) is 14.9. The molecule has 10 nitrogen and oxygen atoms in total. The molecule has 1 N–H and O–H groups in total. The first-order valence-corrected chi connectivity index (χ1v) is 15.6. The number of carbonyl (C=O) groups is 2. The summed E-state index contributed by atoms with van der Waals surface area (Å²) in [7, 11) is 4.61. The van der Waals surface area contributed by atoms with Crippen LogP contribution >= 0.6 is 0 Å². The Morgan fingerprint density at radius 1 is 0.956 bits per heavy atom. The predicted molar refractivity (Wildman–Crippen MR) is 173 cm³/mol. The van der Waals surface area contributed by atoms with E-state index < -0.39 is 12.1 Å². The van der Waals surface area contributed by atoms with E-state index in [9.17, 15) is 9.59 Å². The fourth-order valence-electron chi connectivity index (χ4n) is 6.26. The second-order valence-corrected chi connectivity index (χ2v) is 11.7. The molecule has 0 bridgehead atoms. The summed E-state index contributed by atoms with van der Waals surface area (Å²) < 4.78 is 18.6. The first-order valence-electron chi connectivity index (χ1n) is 15.6. The van der Waals surface area contributed by atoms with E-state index in [2.05, 4.69) is 21.7 Å². The van der Waals surface area contributed by atoms with E-state index in [0.717, 1.165) is 48.7 Å². The van der Waals surface area contributed by atoms with Gasteiger partial charge in [0.1, 0.15) is 17.6 Å². The van der Waals surface area contributed by atoms with Crippen molar-refractivity contribution >= 4 is 22.8 Å². The molecule has 1 aromatic heterocycles. The lowest BCUT2D eigenvalue weighted by molar-refractivity contribution is -0.143. The Morgan fingerprint density at radius 3 is 2.33 bits per heavy atom. The number of amides is 2. The Morgan fingerprint density at radius 2 is 1.67 bits per heavy atom. The van der Waals surface area contributed by atoms with Crippen molar-refractivity contribution in [2.75, 3.05) is 27.9 Å². The minimum Gasteiger partial charge on any atom is -0.493 e. The number of methoxy groups -OCH3 is 3. The van der Waals surface area contributed by atoms with Crippen molar-refractivity contribution in [1.82, 2.24) is 25.2 Å². The zero-order valence-electron chi connectivity index (χ0n) is 26.8. The van der Waals surface area contributed by atoms with Gasteiger partial charge in [0, 0.05) is 12.6 Å². The van der Waals surface area contributed by atoms with Gasteiger partial charge in [0.15, 0.2) is 11.5 Å². The number of benzene rings is 3. The molecule has 1 saturated carbocycles. The molecule has 0 unspecified atom stereocenters. The first kappa shape index (κ1) is 31.8. The molecule has 1 fully saturated rings. The molecule has 1 aliphatic carbocycles. The number of hydrogen-bond donors (Lipinski definition) is 1. The third kappa shape index (κ3) is 7.05. The molecule has 0 radical (unpaired) electrons. The Hall–Kier alpha value is -4.60. The number of carbonyl (C=O) groups excluding carboxylic acids is 2. The van der Waals surface area contributed by atoms with Crippen LogP contribution in [0.5, 0.6) is 17.2 Å². The highest BCUT2D eigenvalue weighted by atomic mass is 16.5. The molecule has 0 aliphatic heterocycles. The molecule has 0 spiro atoms. The van der Waals surface area contributed by atoms with Crippen LogP contribution in [-0.2, 0) is 16.0 Å². The number of fused-ring (bicyclic) bond motifs is 1. The fraction of sp³-hybridized carbons (Fsp3) is 0.429. The second kappa shape index (κ2) is 14.5. The van der Waals surface area contributed by atoms with Crippen molar-refractivity contribution in [1.29, 1.82) is 0 Å². The van der Waals surface area contributed by atoms with Gasteiger partial charge >= 0.3 is 0 Å². The monoisotopic (exact) mass is 613 g/mol. The highest BCUT2D eigenvalue weighted by molar-refractivity contribution is 5.91. The zero-order chi connectivity index (χ0) is 31.9. The van der Waals surface area contributed by atoms with E-state index >= 15 is 0 Å². The van der Waals surface area contributed by atoms with Crippen LogP contribution in [-0.4, -0.2) is 65.6 Å². The molecule has 3 aromatic carbocycles. The van der Waals surface area contributed by atoms with E-state index in [-0.39, 0.29) is 17.9 Å². The smallest absolute Gasteiger partial charge is 0.248 e. The third-order valence-corrected chi connectivity index (χ3v) is 8.62. The van der Waals surface area contributed by atoms with Crippen LogP contribution in [0, 0.1) is 6.92 Å². The van der Waals surface area contributed by atoms with Crippen molar-refractivity contribution in [3.63, 3.8) is 0 Å². The standard InChI is InChI=1S/C35H43N5O5/c1-23-12-11-13-25(20-23)18-19-39(35(42)24(2)40-29-17-10-9-16-28(29)37-38-40)32(34(41)36-27-14-7-6-8-15-27)26-21-30(43-3)33(45-5)31(22-26)44-4/h9-13,16-17,20-22,24,27,32H,6-8,14-15,18-19H2,1-5H3,(H,36,41)/t24-,32+/m1/s1. The lowest BCUT2D eigenvalue weighted by atomic mass is 9.94. The van der Waals surface area contributed by atoms with Gasteiger partial charge in [0.05, 0.1) is 26.8 Å². The quantitative estimate of drug-likeness (QED) is 0.222. The molecule has 10 heteroatoms. The van der Waals surface area contributed by atoms with Gasteiger partial charge in [0.2, 0.25) is 17.6 Å². The molecule has 238 valence electrons. The number of nitrogens with one attached hydrogen (secondary N) is 1. The Balaban J connectivity index is 1.61. The average Bonchev–Trinajstić information content (AvgIpc) is 3.50. The van der Waals surface area contributed by atoms with Crippen LogP contribution < -0.4 is 19.5 Å². The van der Waals surface area contributed by atoms with Crippen LogP contribution in [0.2, 0.25) is 0 Å². The average molecular weight is 614 g/mol. The van der Waals surface area contributed by atoms with Crippen molar-refractivity contribution in [2.24, 2.45) is 0 Å². The van der Waals surface area contributed by atoms with E-state index in [1.165, 1.54) is 21.3 Å². The summed E-state index contributed by atoms with van der Waals surface area (Å²) in [5, 5.41) is 11.9. The SMILES string of the molecule is COc1cc([C@@H](C(=O)NC2CCCCC2)N(CCc2cccc(C)c2)C(=O)[C@@H](C)n2nnc3ccccc32)cc(OC)c1OC. The highest BCUT2D eigenvalue weighted by Crippen LogP contribution is 2.41. The van der Waals surface area contributed by atoms with Crippen molar-refractivity contribution in [2.45, 2.75) is 70.5 Å². The van der Waals surface area contributed by atoms with Gasteiger partial charge in [-0.15, -0.1) is 5.10 Å². The van der Waals surface area contributed by atoms with Gasteiger partial charge in [-0.2, -0.15) is 0 Å². The molecular weight excluding hydrogens is 570 g/mol. The summed E-state index contributed by atoms with van der Waals surface area (Å²) in [6.07, 6.45) is 5.65. The van der Waals surface area contributed by atoms with Crippen LogP contribution in [0.1, 0.15) is 67.8 Å². The summed E-state index contributed by atoms with van der Waals surface area (Å²) in [4.78, 5) is 30.8. The van der Waals surface area contributed by atoms with Gasteiger partial charge in [-0.25, -0.2) is 4.68 Å². The number of aryl methyl sites for hydroxylation is 1. The molecule has 1 aliphatic rings. The Bertz CT molecular complexity index is 1600. The molecule has 2 atom stereocenters. The number of hydrogen-bond acceptors (Lipinski definition) is 7.